The summed E-state index contributed by atoms with van der Waals surface area (Å²) in [6.45, 7) is 0.272. The SMILES string of the molecule is COc1ccc(-c2nc3cc4c(cc3[nH]2)COC(=O)N4)cc1. The monoisotopic (exact) mass is 295 g/mol. The first-order valence-corrected chi connectivity index (χ1v) is 6.84. The van der Waals surface area contributed by atoms with E-state index in [2.05, 4.69) is 15.3 Å². The molecular weight excluding hydrogens is 282 g/mol. The van der Waals surface area contributed by atoms with Crippen molar-refractivity contribution in [1.29, 1.82) is 0 Å². The van der Waals surface area contributed by atoms with Crippen molar-refractivity contribution in [3.8, 4) is 17.1 Å². The van der Waals surface area contributed by atoms with Gasteiger partial charge in [-0.3, -0.25) is 5.32 Å². The molecule has 0 unspecified atom stereocenters. The van der Waals surface area contributed by atoms with Gasteiger partial charge in [0.2, 0.25) is 0 Å². The van der Waals surface area contributed by atoms with E-state index < -0.39 is 6.09 Å². The Balaban J connectivity index is 1.78. The van der Waals surface area contributed by atoms with Gasteiger partial charge in [-0.05, 0) is 36.4 Å². The number of methoxy groups -OCH3 is 1. The zero-order valence-electron chi connectivity index (χ0n) is 11.8. The summed E-state index contributed by atoms with van der Waals surface area (Å²) in [5.74, 6) is 1.57. The van der Waals surface area contributed by atoms with Crippen molar-refractivity contribution in [3.63, 3.8) is 0 Å². The van der Waals surface area contributed by atoms with Crippen LogP contribution >= 0.6 is 0 Å². The fourth-order valence-corrected chi connectivity index (χ4v) is 2.51. The predicted molar refractivity (Wildman–Crippen MR) is 81.9 cm³/mol. The van der Waals surface area contributed by atoms with Crippen molar-refractivity contribution < 1.29 is 14.3 Å². The van der Waals surface area contributed by atoms with Gasteiger partial charge in [-0.25, -0.2) is 9.78 Å². The maximum atomic E-state index is 11.3. The minimum atomic E-state index is -0.433. The van der Waals surface area contributed by atoms with Crippen LogP contribution in [0.3, 0.4) is 0 Å². The third-order valence-corrected chi connectivity index (χ3v) is 3.67. The highest BCUT2D eigenvalue weighted by molar-refractivity contribution is 5.92. The molecule has 3 aromatic rings. The summed E-state index contributed by atoms with van der Waals surface area (Å²) in [5, 5.41) is 2.68. The molecule has 1 aliphatic rings. The molecule has 0 saturated heterocycles. The van der Waals surface area contributed by atoms with Gasteiger partial charge in [0.05, 0.1) is 23.8 Å². The molecule has 1 aromatic heterocycles. The number of aromatic amines is 1. The van der Waals surface area contributed by atoms with E-state index in [0.717, 1.165) is 39.4 Å². The number of imidazole rings is 1. The highest BCUT2D eigenvalue weighted by atomic mass is 16.5. The molecule has 0 aliphatic carbocycles. The quantitative estimate of drug-likeness (QED) is 0.760. The highest BCUT2D eigenvalue weighted by Crippen LogP contribution is 2.29. The second-order valence-electron chi connectivity index (χ2n) is 5.04. The molecule has 6 heteroatoms. The molecule has 110 valence electrons. The van der Waals surface area contributed by atoms with Gasteiger partial charge in [-0.1, -0.05) is 0 Å². The minimum Gasteiger partial charge on any atom is -0.497 e. The molecule has 4 rings (SSSR count). The van der Waals surface area contributed by atoms with Crippen LogP contribution in [-0.4, -0.2) is 23.2 Å². The van der Waals surface area contributed by atoms with Crippen molar-refractivity contribution >= 4 is 22.8 Å². The number of carbonyl (C=O) groups is 1. The van der Waals surface area contributed by atoms with E-state index in [0.29, 0.717) is 0 Å². The van der Waals surface area contributed by atoms with Gasteiger partial charge in [0.25, 0.3) is 0 Å². The fourth-order valence-electron chi connectivity index (χ4n) is 2.51. The maximum Gasteiger partial charge on any atom is 0.411 e. The maximum absolute atomic E-state index is 11.3. The fraction of sp³-hybridized carbons (Fsp3) is 0.125. The number of carbonyl (C=O) groups excluding carboxylic acids is 1. The van der Waals surface area contributed by atoms with E-state index >= 15 is 0 Å². The number of fused-ring (bicyclic) bond motifs is 2. The van der Waals surface area contributed by atoms with Crippen LogP contribution in [0.1, 0.15) is 5.56 Å². The van der Waals surface area contributed by atoms with Gasteiger partial charge < -0.3 is 14.5 Å². The molecule has 2 heterocycles. The summed E-state index contributed by atoms with van der Waals surface area (Å²) in [6.07, 6.45) is -0.433. The van der Waals surface area contributed by atoms with Gasteiger partial charge in [0.15, 0.2) is 0 Å². The lowest BCUT2D eigenvalue weighted by molar-refractivity contribution is 0.151. The molecule has 0 atom stereocenters. The Hall–Kier alpha value is -3.02. The van der Waals surface area contributed by atoms with Crippen LogP contribution in [0.2, 0.25) is 0 Å². The van der Waals surface area contributed by atoms with E-state index in [9.17, 15) is 4.79 Å². The zero-order valence-corrected chi connectivity index (χ0v) is 11.8. The third kappa shape index (κ3) is 2.05. The molecule has 6 nitrogen and oxygen atoms in total. The first-order chi connectivity index (χ1) is 10.7. The van der Waals surface area contributed by atoms with Crippen molar-refractivity contribution in [2.45, 2.75) is 6.61 Å². The van der Waals surface area contributed by atoms with Gasteiger partial charge in [0.1, 0.15) is 18.2 Å². The van der Waals surface area contributed by atoms with E-state index in [4.69, 9.17) is 9.47 Å². The molecule has 1 aliphatic heterocycles. The Labute approximate surface area is 126 Å². The van der Waals surface area contributed by atoms with Crippen LogP contribution in [0.25, 0.3) is 22.4 Å². The summed E-state index contributed by atoms with van der Waals surface area (Å²) < 4.78 is 10.1. The average molecular weight is 295 g/mol. The average Bonchev–Trinajstić information content (AvgIpc) is 2.95. The number of rotatable bonds is 2. The van der Waals surface area contributed by atoms with Crippen molar-refractivity contribution in [3.05, 3.63) is 42.0 Å². The zero-order chi connectivity index (χ0) is 15.1. The van der Waals surface area contributed by atoms with Gasteiger partial charge in [-0.2, -0.15) is 0 Å². The number of nitrogens with one attached hydrogen (secondary N) is 2. The van der Waals surface area contributed by atoms with Crippen LogP contribution in [0.5, 0.6) is 5.75 Å². The van der Waals surface area contributed by atoms with Crippen molar-refractivity contribution in [2.75, 3.05) is 12.4 Å². The van der Waals surface area contributed by atoms with E-state index in [1.54, 1.807) is 7.11 Å². The predicted octanol–water partition coefficient (Wildman–Crippen LogP) is 3.30. The molecule has 22 heavy (non-hydrogen) atoms. The van der Waals surface area contributed by atoms with E-state index in [1.807, 2.05) is 36.4 Å². The van der Waals surface area contributed by atoms with Crippen LogP contribution < -0.4 is 10.1 Å². The first kappa shape index (κ1) is 12.7. The molecular formula is C16H13N3O3. The summed E-state index contributed by atoms with van der Waals surface area (Å²) in [4.78, 5) is 19.1. The number of benzene rings is 2. The number of ether oxygens (including phenoxy) is 2. The largest absolute Gasteiger partial charge is 0.497 e. The van der Waals surface area contributed by atoms with Crippen LogP contribution in [0.15, 0.2) is 36.4 Å². The number of hydrogen-bond donors (Lipinski definition) is 2. The van der Waals surface area contributed by atoms with Crippen LogP contribution in [0.4, 0.5) is 10.5 Å². The standard InChI is InChI=1S/C16H13N3O3/c1-21-11-4-2-9(3-5-11)15-17-13-6-10-8-22-16(20)19-12(10)7-14(13)18-15/h2-7H,8H2,1H3,(H,17,18)(H,19,20). The molecule has 0 spiro atoms. The van der Waals surface area contributed by atoms with Gasteiger partial charge in [-0.15, -0.1) is 0 Å². The summed E-state index contributed by atoms with van der Waals surface area (Å²) in [7, 11) is 1.64. The first-order valence-electron chi connectivity index (χ1n) is 6.84. The second-order valence-corrected chi connectivity index (χ2v) is 5.04. The number of nitrogens with zero attached hydrogens (tertiary/aromatic N) is 1. The number of amides is 1. The summed E-state index contributed by atoms with van der Waals surface area (Å²) >= 11 is 0. The topological polar surface area (TPSA) is 76.2 Å². The molecule has 1 amide bonds. The minimum absolute atomic E-state index is 0.272. The normalized spacial score (nSPS) is 13.4. The van der Waals surface area contributed by atoms with Gasteiger partial charge >= 0.3 is 6.09 Å². The smallest absolute Gasteiger partial charge is 0.411 e. The van der Waals surface area contributed by atoms with E-state index in [-0.39, 0.29) is 6.61 Å². The van der Waals surface area contributed by atoms with Crippen molar-refractivity contribution in [2.24, 2.45) is 0 Å². The Morgan fingerprint density at radius 1 is 1.23 bits per heavy atom. The van der Waals surface area contributed by atoms with Gasteiger partial charge in [0, 0.05) is 11.1 Å². The molecule has 0 saturated carbocycles. The molecule has 2 aromatic carbocycles. The molecule has 2 N–H and O–H groups in total. The van der Waals surface area contributed by atoms with E-state index in [1.165, 1.54) is 0 Å². The highest BCUT2D eigenvalue weighted by Gasteiger charge is 2.17. The molecule has 0 fully saturated rings. The third-order valence-electron chi connectivity index (χ3n) is 3.67. The van der Waals surface area contributed by atoms with Crippen LogP contribution in [0, 0.1) is 0 Å². The lowest BCUT2D eigenvalue weighted by atomic mass is 10.1. The number of aromatic nitrogens is 2. The van der Waals surface area contributed by atoms with Crippen molar-refractivity contribution in [1.82, 2.24) is 9.97 Å². The summed E-state index contributed by atoms with van der Waals surface area (Å²) in [5.41, 5.74) is 4.35. The number of anilines is 1. The Kier molecular flexibility index (Phi) is 2.75. The number of H-pyrrole nitrogens is 1. The summed E-state index contributed by atoms with van der Waals surface area (Å²) in [6, 6.07) is 11.5. The lowest BCUT2D eigenvalue weighted by Crippen LogP contribution is -2.20. The molecule has 0 radical (unpaired) electrons. The Bertz CT molecular complexity index is 868. The molecule has 0 bridgehead atoms. The number of hydrogen-bond acceptors (Lipinski definition) is 4. The number of cyclic esters (lactones) is 1. The lowest BCUT2D eigenvalue weighted by Gasteiger charge is -2.16. The Morgan fingerprint density at radius 2 is 2.05 bits per heavy atom. The van der Waals surface area contributed by atoms with Crippen LogP contribution in [-0.2, 0) is 11.3 Å². The second kappa shape index (κ2) is 4.77. The Morgan fingerprint density at radius 3 is 2.82 bits per heavy atom.